The lowest BCUT2D eigenvalue weighted by Crippen LogP contribution is -2.37. The summed E-state index contributed by atoms with van der Waals surface area (Å²) in [5, 5.41) is 5.25. The molecule has 148 valence electrons. The van der Waals surface area contributed by atoms with E-state index < -0.39 is 11.7 Å². The molecular formula is C19H26N2O6. The van der Waals surface area contributed by atoms with Crippen molar-refractivity contribution in [2.45, 2.75) is 26.4 Å². The molecule has 1 aromatic rings. The third-order valence-electron chi connectivity index (χ3n) is 3.10. The molecule has 0 spiro atoms. The van der Waals surface area contributed by atoms with Crippen LogP contribution < -0.4 is 24.8 Å². The number of rotatable bonds is 8. The first kappa shape index (κ1) is 22.0. The van der Waals surface area contributed by atoms with Crippen LogP contribution in [0.4, 0.5) is 4.79 Å². The second-order valence-electron chi connectivity index (χ2n) is 6.39. The fraction of sp³-hybridized carbons (Fsp3) is 0.474. The van der Waals surface area contributed by atoms with Crippen molar-refractivity contribution in [1.82, 2.24) is 10.6 Å². The zero-order valence-corrected chi connectivity index (χ0v) is 16.3. The van der Waals surface area contributed by atoms with E-state index >= 15 is 0 Å². The molecule has 0 aromatic heterocycles. The first-order chi connectivity index (χ1) is 12.7. The number of amides is 2. The first-order valence-corrected chi connectivity index (χ1v) is 8.29. The third-order valence-corrected chi connectivity index (χ3v) is 3.10. The lowest BCUT2D eigenvalue weighted by Gasteiger charge is -2.19. The molecule has 0 fully saturated rings. The van der Waals surface area contributed by atoms with E-state index in [4.69, 9.17) is 25.4 Å². The number of hydrogen-bond donors (Lipinski definition) is 2. The van der Waals surface area contributed by atoms with Crippen molar-refractivity contribution in [1.29, 1.82) is 0 Å². The van der Waals surface area contributed by atoms with Crippen molar-refractivity contribution >= 4 is 12.0 Å². The van der Waals surface area contributed by atoms with Gasteiger partial charge in [-0.15, -0.1) is 6.42 Å². The van der Waals surface area contributed by atoms with E-state index in [9.17, 15) is 9.59 Å². The Morgan fingerprint density at radius 1 is 1.07 bits per heavy atom. The number of terminal acetylenes is 1. The number of nitrogens with one attached hydrogen (secondary N) is 2. The molecule has 0 aliphatic rings. The molecule has 8 heteroatoms. The van der Waals surface area contributed by atoms with Gasteiger partial charge in [-0.3, -0.25) is 4.79 Å². The van der Waals surface area contributed by atoms with Gasteiger partial charge in [0.25, 0.3) is 5.91 Å². The van der Waals surface area contributed by atoms with Crippen molar-refractivity contribution in [3.05, 3.63) is 17.7 Å². The van der Waals surface area contributed by atoms with Gasteiger partial charge in [-0.1, -0.05) is 5.92 Å². The van der Waals surface area contributed by atoms with Gasteiger partial charge in [-0.25, -0.2) is 4.79 Å². The molecule has 1 rings (SSSR count). The lowest BCUT2D eigenvalue weighted by molar-refractivity contribution is 0.0526. The molecule has 2 amide bonds. The number of benzene rings is 1. The molecule has 0 aliphatic heterocycles. The van der Waals surface area contributed by atoms with Crippen LogP contribution in [0.15, 0.2) is 12.1 Å². The Morgan fingerprint density at radius 3 is 2.11 bits per heavy atom. The summed E-state index contributed by atoms with van der Waals surface area (Å²) in [7, 11) is 2.90. The second kappa shape index (κ2) is 10.2. The third kappa shape index (κ3) is 7.36. The number of hydrogen-bond acceptors (Lipinski definition) is 6. The summed E-state index contributed by atoms with van der Waals surface area (Å²) in [6, 6.07) is 3.04. The van der Waals surface area contributed by atoms with E-state index in [1.165, 1.54) is 26.4 Å². The topological polar surface area (TPSA) is 95.1 Å². The molecule has 0 bridgehead atoms. The lowest BCUT2D eigenvalue weighted by atomic mass is 10.1. The van der Waals surface area contributed by atoms with Crippen molar-refractivity contribution in [3.63, 3.8) is 0 Å². The van der Waals surface area contributed by atoms with Gasteiger partial charge < -0.3 is 29.6 Å². The summed E-state index contributed by atoms with van der Waals surface area (Å²) in [6.45, 7) is 5.79. The van der Waals surface area contributed by atoms with Crippen molar-refractivity contribution < 1.29 is 28.5 Å². The second-order valence-corrected chi connectivity index (χ2v) is 6.39. The predicted octanol–water partition coefficient (Wildman–Crippen LogP) is 1.97. The summed E-state index contributed by atoms with van der Waals surface area (Å²) in [5.41, 5.74) is -0.266. The van der Waals surface area contributed by atoms with E-state index in [2.05, 4.69) is 16.6 Å². The average molecular weight is 378 g/mol. The zero-order valence-electron chi connectivity index (χ0n) is 16.3. The maximum atomic E-state index is 12.3. The van der Waals surface area contributed by atoms with Crippen LogP contribution in [0.3, 0.4) is 0 Å². The number of methoxy groups -OCH3 is 2. The van der Waals surface area contributed by atoms with Crippen molar-refractivity contribution in [2.24, 2.45) is 0 Å². The Morgan fingerprint density at radius 2 is 1.63 bits per heavy atom. The molecule has 8 nitrogen and oxygen atoms in total. The van der Waals surface area contributed by atoms with Gasteiger partial charge in [0.1, 0.15) is 12.2 Å². The first-order valence-electron chi connectivity index (χ1n) is 8.29. The molecule has 27 heavy (non-hydrogen) atoms. The van der Waals surface area contributed by atoms with Gasteiger partial charge in [0, 0.05) is 18.7 Å². The minimum atomic E-state index is -0.580. The zero-order chi connectivity index (χ0) is 20.4. The highest BCUT2D eigenvalue weighted by Crippen LogP contribution is 2.38. The fourth-order valence-corrected chi connectivity index (χ4v) is 2.02. The Balaban J connectivity index is 2.69. The fourth-order valence-electron chi connectivity index (χ4n) is 2.02. The Labute approximate surface area is 159 Å². The summed E-state index contributed by atoms with van der Waals surface area (Å²) in [6.07, 6.45) is 4.65. The number of carbonyl (C=O) groups is 2. The maximum absolute atomic E-state index is 12.3. The highest BCUT2D eigenvalue weighted by atomic mass is 16.6. The largest absolute Gasteiger partial charge is 0.493 e. The Bertz CT molecular complexity index is 678. The van der Waals surface area contributed by atoms with Crippen LogP contribution in [-0.4, -0.2) is 51.5 Å². The van der Waals surface area contributed by atoms with Gasteiger partial charge in [-0.2, -0.15) is 0 Å². The van der Waals surface area contributed by atoms with Gasteiger partial charge in [-0.05, 0) is 32.9 Å². The average Bonchev–Trinajstić information content (AvgIpc) is 2.61. The highest BCUT2D eigenvalue weighted by Gasteiger charge is 2.18. The number of carbonyl (C=O) groups excluding carboxylic acids is 2. The molecule has 0 atom stereocenters. The predicted molar refractivity (Wildman–Crippen MR) is 100 cm³/mol. The molecular weight excluding hydrogens is 352 g/mol. The Kier molecular flexibility index (Phi) is 8.27. The highest BCUT2D eigenvalue weighted by molar-refractivity contribution is 5.95. The van der Waals surface area contributed by atoms with Gasteiger partial charge >= 0.3 is 6.09 Å². The van der Waals surface area contributed by atoms with Crippen LogP contribution in [0.25, 0.3) is 0 Å². The van der Waals surface area contributed by atoms with Crippen LogP contribution in [0.5, 0.6) is 17.2 Å². The van der Waals surface area contributed by atoms with Crippen molar-refractivity contribution in [3.8, 4) is 29.6 Å². The van der Waals surface area contributed by atoms with E-state index in [0.717, 1.165) is 0 Å². The van der Waals surface area contributed by atoms with E-state index in [1.54, 1.807) is 20.8 Å². The van der Waals surface area contributed by atoms with Crippen LogP contribution in [0.1, 0.15) is 31.1 Å². The normalized spacial score (nSPS) is 10.4. The van der Waals surface area contributed by atoms with Gasteiger partial charge in [0.2, 0.25) is 5.75 Å². The van der Waals surface area contributed by atoms with E-state index in [0.29, 0.717) is 22.8 Å². The standard InChI is InChI=1S/C19H26N2O6/c1-7-10-26-16-14(24-5)11-13(12-15(16)25-6)17(22)20-8-9-21-18(23)27-19(2,3)4/h1,11-12H,8-10H2,2-6H3,(H,20,22)(H,21,23). The van der Waals surface area contributed by atoms with Crippen LogP contribution in [0, 0.1) is 12.3 Å². The number of ether oxygens (including phenoxy) is 4. The smallest absolute Gasteiger partial charge is 0.407 e. The molecule has 1 aromatic carbocycles. The number of alkyl carbamates (subject to hydrolysis) is 1. The van der Waals surface area contributed by atoms with Crippen molar-refractivity contribution in [2.75, 3.05) is 33.9 Å². The van der Waals surface area contributed by atoms with E-state index in [-0.39, 0.29) is 25.6 Å². The van der Waals surface area contributed by atoms with Gasteiger partial charge in [0.05, 0.1) is 14.2 Å². The Hall–Kier alpha value is -3.08. The molecule has 0 saturated carbocycles. The minimum absolute atomic E-state index is 0.0363. The minimum Gasteiger partial charge on any atom is -0.493 e. The monoisotopic (exact) mass is 378 g/mol. The maximum Gasteiger partial charge on any atom is 0.407 e. The molecule has 0 radical (unpaired) electrons. The molecule has 0 saturated heterocycles. The van der Waals surface area contributed by atoms with E-state index in [1.807, 2.05) is 0 Å². The van der Waals surface area contributed by atoms with Gasteiger partial charge in [0.15, 0.2) is 11.5 Å². The van der Waals surface area contributed by atoms with Crippen LogP contribution >= 0.6 is 0 Å². The SMILES string of the molecule is C#CCOc1c(OC)cc(C(=O)NCCNC(=O)OC(C)(C)C)cc1OC. The summed E-state index contributed by atoms with van der Waals surface area (Å²) in [4.78, 5) is 23.9. The summed E-state index contributed by atoms with van der Waals surface area (Å²) >= 11 is 0. The molecule has 2 N–H and O–H groups in total. The quantitative estimate of drug-likeness (QED) is 0.530. The summed E-state index contributed by atoms with van der Waals surface area (Å²) < 4.78 is 21.0. The van der Waals surface area contributed by atoms with Crippen LogP contribution in [0.2, 0.25) is 0 Å². The molecule has 0 heterocycles. The molecule has 0 unspecified atom stereocenters. The van der Waals surface area contributed by atoms with Crippen LogP contribution in [-0.2, 0) is 4.74 Å². The molecule has 0 aliphatic carbocycles. The summed E-state index contributed by atoms with van der Waals surface area (Å²) in [5.74, 6) is 2.96.